The van der Waals surface area contributed by atoms with Crippen LogP contribution in [-0.4, -0.2) is 66.5 Å². The summed E-state index contributed by atoms with van der Waals surface area (Å²) in [4.78, 5) is 28.7. The summed E-state index contributed by atoms with van der Waals surface area (Å²) in [5.41, 5.74) is 8.19. The van der Waals surface area contributed by atoms with E-state index < -0.39 is 17.0 Å². The summed E-state index contributed by atoms with van der Waals surface area (Å²) < 4.78 is 6.95. The first kappa shape index (κ1) is 24.7. The Morgan fingerprint density at radius 3 is 2.39 bits per heavy atom. The van der Waals surface area contributed by atoms with Crippen molar-refractivity contribution < 1.29 is 14.3 Å². The second-order valence-corrected chi connectivity index (χ2v) is 10.7. The minimum atomic E-state index is -1.43. The number of allylic oxidation sites excluding steroid dienone is 1. The van der Waals surface area contributed by atoms with Crippen molar-refractivity contribution in [1.29, 1.82) is 0 Å². The molecular weight excluding hydrogens is 496 g/mol. The lowest BCUT2D eigenvalue weighted by molar-refractivity contribution is -0.181. The molecule has 2 aromatic carbocycles. The predicted octanol–water partition coefficient (Wildman–Crippen LogP) is 2.56. The van der Waals surface area contributed by atoms with E-state index in [-0.39, 0.29) is 18.1 Å². The summed E-state index contributed by atoms with van der Waals surface area (Å²) in [5, 5.41) is 11.8. The number of methoxy groups -OCH3 is 1. The largest absolute Gasteiger partial charge is 0.353 e. The van der Waals surface area contributed by atoms with Gasteiger partial charge in [0.25, 0.3) is 5.91 Å². The molecule has 3 heterocycles. The van der Waals surface area contributed by atoms with E-state index in [1.54, 1.807) is 11.7 Å². The molecule has 0 bridgehead atoms. The Balaban J connectivity index is 1.50. The maximum absolute atomic E-state index is 14.0. The van der Waals surface area contributed by atoms with Crippen molar-refractivity contribution in [1.82, 2.24) is 25.1 Å². The van der Waals surface area contributed by atoms with Crippen LogP contribution in [0.3, 0.4) is 0 Å². The number of nitrogens with zero attached hydrogens (tertiary/aromatic N) is 5. The van der Waals surface area contributed by atoms with Gasteiger partial charge in [-0.3, -0.25) is 20.2 Å². The van der Waals surface area contributed by atoms with E-state index in [1.807, 2.05) is 60.7 Å². The molecule has 36 heavy (non-hydrogen) atoms. The quantitative estimate of drug-likeness (QED) is 0.257. The van der Waals surface area contributed by atoms with Crippen LogP contribution < -0.4 is 5.73 Å². The minimum Gasteiger partial charge on any atom is -0.353 e. The number of benzene rings is 2. The zero-order valence-corrected chi connectivity index (χ0v) is 21.5. The molecule has 1 saturated heterocycles. The molecule has 2 aliphatic rings. The lowest BCUT2D eigenvalue weighted by Crippen LogP contribution is -2.78. The smallest absolute Gasteiger partial charge is 0.278 e. The first-order valence-corrected chi connectivity index (χ1v) is 13.5. The van der Waals surface area contributed by atoms with Crippen molar-refractivity contribution in [3.8, 4) is 0 Å². The molecular formula is C25H26N6O3S2. The van der Waals surface area contributed by atoms with E-state index in [1.165, 1.54) is 35.5 Å². The molecule has 9 nitrogen and oxygen atoms in total. The third kappa shape index (κ3) is 4.36. The van der Waals surface area contributed by atoms with Gasteiger partial charge in [-0.2, -0.15) is 0 Å². The molecule has 2 atom stereocenters. The van der Waals surface area contributed by atoms with E-state index >= 15 is 0 Å². The van der Waals surface area contributed by atoms with Gasteiger partial charge < -0.3 is 4.74 Å². The molecule has 0 radical (unpaired) electrons. The number of ether oxygens (including phenoxy) is 1. The summed E-state index contributed by atoms with van der Waals surface area (Å²) >= 11 is 2.93. The zero-order chi connectivity index (χ0) is 25.3. The van der Waals surface area contributed by atoms with Crippen LogP contribution in [0.5, 0.6) is 0 Å². The number of hydrogen-bond donors (Lipinski definition) is 1. The number of thioether (sulfide) groups is 2. The fourth-order valence-corrected chi connectivity index (χ4v) is 6.95. The van der Waals surface area contributed by atoms with E-state index in [0.29, 0.717) is 22.4 Å². The van der Waals surface area contributed by atoms with Crippen LogP contribution in [0.15, 0.2) is 77.1 Å². The predicted molar refractivity (Wildman–Crippen MR) is 138 cm³/mol. The van der Waals surface area contributed by atoms with Crippen LogP contribution in [0.2, 0.25) is 0 Å². The molecule has 2 N–H and O–H groups in total. The molecule has 11 heteroatoms. The highest BCUT2D eigenvalue weighted by molar-refractivity contribution is 8.01. The maximum atomic E-state index is 14.0. The van der Waals surface area contributed by atoms with Crippen molar-refractivity contribution in [2.45, 2.75) is 28.6 Å². The number of amides is 1. The van der Waals surface area contributed by atoms with Gasteiger partial charge in [-0.1, -0.05) is 72.4 Å². The van der Waals surface area contributed by atoms with Gasteiger partial charge >= 0.3 is 0 Å². The van der Waals surface area contributed by atoms with Crippen molar-refractivity contribution in [3.63, 3.8) is 0 Å². The van der Waals surface area contributed by atoms with Gasteiger partial charge in [-0.25, -0.2) is 4.68 Å². The summed E-state index contributed by atoms with van der Waals surface area (Å²) in [6.45, 7) is 0. The van der Waals surface area contributed by atoms with Gasteiger partial charge in [0.2, 0.25) is 10.9 Å². The summed E-state index contributed by atoms with van der Waals surface area (Å²) in [7, 11) is 3.19. The highest BCUT2D eigenvalue weighted by Gasteiger charge is 2.63. The Labute approximate surface area is 217 Å². The topological polar surface area (TPSA) is 116 Å². The number of tetrazole rings is 1. The number of nitrogens with two attached hydrogens (primary N) is 1. The molecule has 2 aliphatic heterocycles. The maximum Gasteiger partial charge on any atom is 0.278 e. The Bertz CT molecular complexity index is 1260. The van der Waals surface area contributed by atoms with E-state index in [0.717, 1.165) is 16.7 Å². The molecule has 0 saturated carbocycles. The average Bonchev–Trinajstić information content (AvgIpc) is 3.34. The highest BCUT2D eigenvalue weighted by atomic mass is 32.2. The number of fused-ring (bicyclic) bond motifs is 1. The normalized spacial score (nSPS) is 21.5. The molecule has 186 valence electrons. The number of β-lactam (4-membered cyclic amide) rings is 1. The van der Waals surface area contributed by atoms with Crippen LogP contribution in [-0.2, 0) is 21.4 Å². The van der Waals surface area contributed by atoms with Gasteiger partial charge in [0.05, 0.1) is 5.70 Å². The number of carbonyl (C=O) groups excluding carboxylic acids is 2. The van der Waals surface area contributed by atoms with Crippen LogP contribution in [0, 0.1) is 0 Å². The van der Waals surface area contributed by atoms with Gasteiger partial charge in [0.1, 0.15) is 5.37 Å². The van der Waals surface area contributed by atoms with Crippen LogP contribution in [0.4, 0.5) is 0 Å². The number of aryl methyl sites for hydroxylation is 1. The van der Waals surface area contributed by atoms with Crippen LogP contribution in [0.1, 0.15) is 23.5 Å². The number of aromatic nitrogens is 4. The number of ketones is 1. The van der Waals surface area contributed by atoms with E-state index in [4.69, 9.17) is 10.5 Å². The molecule has 0 spiro atoms. The number of hydrogen-bond acceptors (Lipinski definition) is 9. The molecule has 1 fully saturated rings. The van der Waals surface area contributed by atoms with Crippen LogP contribution >= 0.6 is 23.5 Å². The zero-order valence-electron chi connectivity index (χ0n) is 19.9. The van der Waals surface area contributed by atoms with Crippen molar-refractivity contribution in [3.05, 3.63) is 83.1 Å². The molecule has 5 rings (SSSR count). The minimum absolute atomic E-state index is 0.101. The standard InChI is InChI=1S/C25H26N6O3S2/c1-30-24(27-28-29-30)36-15-18-14-35-23-25(26,34-2)22(33)31(23)21(18)20(32)13-19(16-9-5-3-6-10-16)17-11-7-4-8-12-17/h3-12,19,23H,13-15,26H2,1-2H3/t23-,25+/m0/s1. The second-order valence-electron chi connectivity index (χ2n) is 8.66. The lowest BCUT2D eigenvalue weighted by atomic mass is 9.85. The molecule has 1 amide bonds. The van der Waals surface area contributed by atoms with Gasteiger partial charge in [0.15, 0.2) is 5.78 Å². The first-order valence-electron chi connectivity index (χ1n) is 11.4. The monoisotopic (exact) mass is 522 g/mol. The Hall–Kier alpha value is -2.99. The first-order chi connectivity index (χ1) is 17.4. The van der Waals surface area contributed by atoms with E-state index in [2.05, 4.69) is 15.5 Å². The van der Waals surface area contributed by atoms with Crippen molar-refractivity contribution >= 4 is 35.2 Å². The van der Waals surface area contributed by atoms with Gasteiger partial charge in [-0.15, -0.1) is 16.9 Å². The third-order valence-corrected chi connectivity index (χ3v) is 8.99. The Morgan fingerprint density at radius 2 is 1.83 bits per heavy atom. The second kappa shape index (κ2) is 10.2. The van der Waals surface area contributed by atoms with E-state index in [9.17, 15) is 9.59 Å². The van der Waals surface area contributed by atoms with Gasteiger partial charge in [0, 0.05) is 38.0 Å². The molecule has 3 aromatic rings. The Kier molecular flexibility index (Phi) is 6.98. The highest BCUT2D eigenvalue weighted by Crippen LogP contribution is 2.47. The Morgan fingerprint density at radius 1 is 1.19 bits per heavy atom. The van der Waals surface area contributed by atoms with Gasteiger partial charge in [-0.05, 0) is 27.1 Å². The fourth-order valence-electron chi connectivity index (χ4n) is 4.57. The number of carbonyl (C=O) groups is 2. The average molecular weight is 523 g/mol. The lowest BCUT2D eigenvalue weighted by Gasteiger charge is -2.54. The molecule has 1 aromatic heterocycles. The van der Waals surface area contributed by atoms with Crippen molar-refractivity contribution in [2.75, 3.05) is 18.6 Å². The summed E-state index contributed by atoms with van der Waals surface area (Å²) in [6.07, 6.45) is 0.217. The fraction of sp³-hybridized carbons (Fsp3) is 0.320. The third-order valence-electron chi connectivity index (χ3n) is 6.50. The SMILES string of the molecule is CO[C@]1(N)C(=O)N2C(C(=O)CC(c3ccccc3)c3ccccc3)=C(CSc3nnnn3C)CS[C@H]21. The number of rotatable bonds is 9. The molecule has 0 unspecified atom stereocenters. The summed E-state index contributed by atoms with van der Waals surface area (Å²) in [5.74, 6) is 0.376. The van der Waals surface area contributed by atoms with Crippen LogP contribution in [0.25, 0.3) is 0 Å². The summed E-state index contributed by atoms with van der Waals surface area (Å²) in [6, 6.07) is 19.9. The van der Waals surface area contributed by atoms with Crippen molar-refractivity contribution in [2.24, 2.45) is 12.8 Å². The number of Topliss-reactive ketones (excluding diaryl/α,β-unsaturated/α-hetero) is 1. The molecule has 0 aliphatic carbocycles.